The van der Waals surface area contributed by atoms with Gasteiger partial charge in [-0.3, -0.25) is 4.79 Å². The van der Waals surface area contributed by atoms with Crippen molar-refractivity contribution in [2.45, 2.75) is 24.5 Å². The molecule has 4 rings (SSSR count). The molecular weight excluding hydrogens is 428 g/mol. The second-order valence-electron chi connectivity index (χ2n) is 7.07. The molecule has 0 saturated carbocycles. The Bertz CT molecular complexity index is 1200. The van der Waals surface area contributed by atoms with Gasteiger partial charge >= 0.3 is 0 Å². The molecule has 0 aliphatic carbocycles. The first-order valence-electron chi connectivity index (χ1n) is 9.82. The van der Waals surface area contributed by atoms with E-state index in [9.17, 15) is 4.79 Å². The molecule has 1 amide bonds. The van der Waals surface area contributed by atoms with Crippen LogP contribution in [-0.2, 0) is 5.75 Å². The maximum absolute atomic E-state index is 12.6. The zero-order valence-electron chi connectivity index (χ0n) is 17.2. The van der Waals surface area contributed by atoms with Gasteiger partial charge in [-0.1, -0.05) is 35.9 Å². The summed E-state index contributed by atoms with van der Waals surface area (Å²) in [5, 5.41) is 3.53. The van der Waals surface area contributed by atoms with Gasteiger partial charge in [0, 0.05) is 32.5 Å². The second kappa shape index (κ2) is 9.41. The van der Waals surface area contributed by atoms with Crippen molar-refractivity contribution < 1.29 is 9.21 Å². The molecular formula is C25H21ClN2O2S. The Balaban J connectivity index is 1.45. The van der Waals surface area contributed by atoms with E-state index in [1.54, 1.807) is 30.0 Å². The standard InChI is InChI=1S/C25H21ClN2O2S/c1-16-21(26)9-6-10-22(16)27-24(29)18-11-13-19(14-12-18)25-28-23(17(2)30-25)15-31-20-7-4-3-5-8-20/h3-14H,15H2,1-2H3,(H,27,29). The van der Waals surface area contributed by atoms with Crippen LogP contribution < -0.4 is 5.32 Å². The van der Waals surface area contributed by atoms with Crippen molar-refractivity contribution in [1.29, 1.82) is 0 Å². The summed E-state index contributed by atoms with van der Waals surface area (Å²) in [4.78, 5) is 18.5. The van der Waals surface area contributed by atoms with Gasteiger partial charge in [0.05, 0.1) is 5.69 Å². The highest BCUT2D eigenvalue weighted by Crippen LogP contribution is 2.28. The normalized spacial score (nSPS) is 10.8. The van der Waals surface area contributed by atoms with Crippen LogP contribution in [0.1, 0.15) is 27.4 Å². The first kappa shape index (κ1) is 21.2. The molecule has 6 heteroatoms. The van der Waals surface area contributed by atoms with Gasteiger partial charge < -0.3 is 9.73 Å². The summed E-state index contributed by atoms with van der Waals surface area (Å²) in [5.41, 5.74) is 3.83. The van der Waals surface area contributed by atoms with Crippen molar-refractivity contribution in [3.8, 4) is 11.5 Å². The highest BCUT2D eigenvalue weighted by molar-refractivity contribution is 7.98. The Morgan fingerprint density at radius 2 is 1.74 bits per heavy atom. The van der Waals surface area contributed by atoms with Gasteiger partial charge in [0.2, 0.25) is 5.89 Å². The molecule has 31 heavy (non-hydrogen) atoms. The summed E-state index contributed by atoms with van der Waals surface area (Å²) in [6.45, 7) is 3.80. The summed E-state index contributed by atoms with van der Waals surface area (Å²) in [5.74, 6) is 1.90. The van der Waals surface area contributed by atoms with Gasteiger partial charge in [-0.05, 0) is 67.9 Å². The van der Waals surface area contributed by atoms with Crippen molar-refractivity contribution >= 4 is 35.0 Å². The molecule has 0 aliphatic heterocycles. The quantitative estimate of drug-likeness (QED) is 0.318. The highest BCUT2D eigenvalue weighted by atomic mass is 35.5. The van der Waals surface area contributed by atoms with E-state index in [2.05, 4.69) is 22.4 Å². The van der Waals surface area contributed by atoms with Crippen molar-refractivity contribution in [3.63, 3.8) is 0 Å². The molecule has 1 heterocycles. The van der Waals surface area contributed by atoms with E-state index >= 15 is 0 Å². The SMILES string of the molecule is Cc1oc(-c2ccc(C(=O)Nc3cccc(Cl)c3C)cc2)nc1CSc1ccccc1. The number of aryl methyl sites for hydroxylation is 1. The maximum atomic E-state index is 12.6. The molecule has 0 aliphatic rings. The average molecular weight is 449 g/mol. The lowest BCUT2D eigenvalue weighted by Gasteiger charge is -2.09. The summed E-state index contributed by atoms with van der Waals surface area (Å²) < 4.78 is 5.87. The zero-order valence-corrected chi connectivity index (χ0v) is 18.8. The molecule has 4 aromatic rings. The van der Waals surface area contributed by atoms with Crippen LogP contribution in [-0.4, -0.2) is 10.9 Å². The minimum Gasteiger partial charge on any atom is -0.441 e. The molecule has 1 aromatic heterocycles. The third-order valence-electron chi connectivity index (χ3n) is 4.92. The van der Waals surface area contributed by atoms with Crippen LogP contribution in [0.4, 0.5) is 5.69 Å². The molecule has 0 unspecified atom stereocenters. The molecule has 0 spiro atoms. The predicted molar refractivity (Wildman–Crippen MR) is 127 cm³/mol. The molecule has 156 valence electrons. The van der Waals surface area contributed by atoms with Crippen LogP contribution in [0.15, 0.2) is 82.1 Å². The largest absolute Gasteiger partial charge is 0.441 e. The lowest BCUT2D eigenvalue weighted by molar-refractivity contribution is 0.102. The van der Waals surface area contributed by atoms with Gasteiger partial charge in [0.1, 0.15) is 5.76 Å². The Labute approximate surface area is 190 Å². The number of rotatable bonds is 6. The molecule has 3 aromatic carbocycles. The van der Waals surface area contributed by atoms with Crippen LogP contribution in [0.2, 0.25) is 5.02 Å². The smallest absolute Gasteiger partial charge is 0.255 e. The number of hydrogen-bond acceptors (Lipinski definition) is 4. The fourth-order valence-electron chi connectivity index (χ4n) is 3.06. The molecule has 0 radical (unpaired) electrons. The summed E-state index contributed by atoms with van der Waals surface area (Å²) in [6, 6.07) is 22.9. The Kier molecular flexibility index (Phi) is 6.44. The number of thioether (sulfide) groups is 1. The Morgan fingerprint density at radius 3 is 2.48 bits per heavy atom. The third-order valence-corrected chi connectivity index (χ3v) is 6.35. The highest BCUT2D eigenvalue weighted by Gasteiger charge is 2.14. The van der Waals surface area contributed by atoms with Crippen molar-refractivity contribution in [2.75, 3.05) is 5.32 Å². The fraction of sp³-hybridized carbons (Fsp3) is 0.120. The number of anilines is 1. The summed E-state index contributed by atoms with van der Waals surface area (Å²) >= 11 is 7.85. The number of aromatic nitrogens is 1. The van der Waals surface area contributed by atoms with E-state index in [-0.39, 0.29) is 5.91 Å². The number of benzene rings is 3. The van der Waals surface area contributed by atoms with E-state index in [4.69, 9.17) is 16.0 Å². The number of nitrogens with one attached hydrogen (secondary N) is 1. The number of carbonyl (C=O) groups excluding carboxylic acids is 1. The van der Waals surface area contributed by atoms with Gasteiger partial charge in [0.25, 0.3) is 5.91 Å². The summed E-state index contributed by atoms with van der Waals surface area (Å²) in [6.07, 6.45) is 0. The van der Waals surface area contributed by atoms with Gasteiger partial charge in [-0.15, -0.1) is 11.8 Å². The first-order chi connectivity index (χ1) is 15.0. The fourth-order valence-corrected chi connectivity index (χ4v) is 4.15. The zero-order chi connectivity index (χ0) is 21.8. The second-order valence-corrected chi connectivity index (χ2v) is 8.52. The van der Waals surface area contributed by atoms with E-state index in [1.807, 2.05) is 56.3 Å². The average Bonchev–Trinajstić information content (AvgIpc) is 3.17. The number of oxazole rings is 1. The van der Waals surface area contributed by atoms with Crippen LogP contribution in [0, 0.1) is 13.8 Å². The number of nitrogens with zero attached hydrogens (tertiary/aromatic N) is 1. The number of carbonyl (C=O) groups is 1. The van der Waals surface area contributed by atoms with E-state index < -0.39 is 0 Å². The van der Waals surface area contributed by atoms with Crippen LogP contribution in [0.5, 0.6) is 0 Å². The lowest BCUT2D eigenvalue weighted by Crippen LogP contribution is -2.12. The number of amides is 1. The summed E-state index contributed by atoms with van der Waals surface area (Å²) in [7, 11) is 0. The topological polar surface area (TPSA) is 55.1 Å². The van der Waals surface area contributed by atoms with Gasteiger partial charge in [-0.25, -0.2) is 4.98 Å². The van der Waals surface area contributed by atoms with E-state index in [1.165, 1.54) is 4.90 Å². The predicted octanol–water partition coefficient (Wildman–Crippen LogP) is 7.16. The lowest BCUT2D eigenvalue weighted by atomic mass is 10.1. The monoisotopic (exact) mass is 448 g/mol. The van der Waals surface area contributed by atoms with Gasteiger partial charge in [-0.2, -0.15) is 0 Å². The maximum Gasteiger partial charge on any atom is 0.255 e. The van der Waals surface area contributed by atoms with Crippen molar-refractivity contribution in [3.05, 3.63) is 100 Å². The van der Waals surface area contributed by atoms with E-state index in [0.717, 1.165) is 28.3 Å². The number of halogens is 1. The van der Waals surface area contributed by atoms with Crippen LogP contribution >= 0.6 is 23.4 Å². The first-order valence-corrected chi connectivity index (χ1v) is 11.2. The van der Waals surface area contributed by atoms with Crippen LogP contribution in [0.3, 0.4) is 0 Å². The molecule has 4 nitrogen and oxygen atoms in total. The number of hydrogen-bond donors (Lipinski definition) is 1. The molecule has 0 bridgehead atoms. The third kappa shape index (κ3) is 5.01. The minimum atomic E-state index is -0.194. The molecule has 0 fully saturated rings. The molecule has 0 atom stereocenters. The minimum absolute atomic E-state index is 0.194. The van der Waals surface area contributed by atoms with E-state index in [0.29, 0.717) is 22.2 Å². The van der Waals surface area contributed by atoms with Crippen molar-refractivity contribution in [1.82, 2.24) is 4.98 Å². The van der Waals surface area contributed by atoms with Gasteiger partial charge in [0.15, 0.2) is 0 Å². The molecule has 1 N–H and O–H groups in total. The Hall–Kier alpha value is -3.02. The molecule has 0 saturated heterocycles. The van der Waals surface area contributed by atoms with Crippen LogP contribution in [0.25, 0.3) is 11.5 Å². The van der Waals surface area contributed by atoms with Crippen molar-refractivity contribution in [2.24, 2.45) is 0 Å². The Morgan fingerprint density at radius 1 is 1.00 bits per heavy atom.